The van der Waals surface area contributed by atoms with Crippen molar-refractivity contribution in [1.82, 2.24) is 4.98 Å². The van der Waals surface area contributed by atoms with E-state index in [4.69, 9.17) is 9.15 Å². The first-order valence-electron chi connectivity index (χ1n) is 7.38. The van der Waals surface area contributed by atoms with Crippen molar-refractivity contribution >= 4 is 22.7 Å². The Bertz CT molecular complexity index is 1010. The number of phenols is 1. The molecule has 8 nitrogen and oxygen atoms in total. The summed E-state index contributed by atoms with van der Waals surface area (Å²) in [6.07, 6.45) is 0.527. The van der Waals surface area contributed by atoms with Gasteiger partial charge in [-0.1, -0.05) is 6.07 Å². The maximum absolute atomic E-state index is 12.3. The molecule has 128 valence electrons. The summed E-state index contributed by atoms with van der Waals surface area (Å²) in [7, 11) is 0. The van der Waals surface area contributed by atoms with Crippen LogP contribution in [0.25, 0.3) is 22.3 Å². The standard InChI is InChI=1S/C17H14N2O6/c1-2-24-17(23)19-10-6-15(22)18-8-9(10)14-7-12(21)16-11(20)4-3-5-13(16)25-14/h3-8,20H,2H2,1H3,(H2,18,19,22,23). The maximum Gasteiger partial charge on any atom is 0.411 e. The Balaban J connectivity index is 2.15. The Morgan fingerprint density at radius 1 is 1.32 bits per heavy atom. The Morgan fingerprint density at radius 3 is 2.88 bits per heavy atom. The average Bonchev–Trinajstić information content (AvgIpc) is 2.54. The highest BCUT2D eigenvalue weighted by molar-refractivity contribution is 5.91. The van der Waals surface area contributed by atoms with Crippen LogP contribution in [-0.4, -0.2) is 27.9 Å². The Labute approximate surface area is 141 Å². The van der Waals surface area contributed by atoms with Crippen LogP contribution in [0.15, 0.2) is 45.7 Å². The van der Waals surface area contributed by atoms with Crippen LogP contribution in [0.2, 0.25) is 0 Å². The molecular weight excluding hydrogens is 328 g/mol. The van der Waals surface area contributed by atoms with Crippen molar-refractivity contribution in [2.75, 3.05) is 11.9 Å². The van der Waals surface area contributed by atoms with E-state index in [-0.39, 0.29) is 46.2 Å². The Morgan fingerprint density at radius 2 is 2.12 bits per heavy atom. The molecule has 0 aliphatic carbocycles. The van der Waals surface area contributed by atoms with Crippen molar-refractivity contribution in [3.63, 3.8) is 0 Å². The molecule has 1 amide bonds. The van der Waals surface area contributed by atoms with E-state index in [1.54, 1.807) is 6.92 Å². The molecule has 1 aromatic carbocycles. The number of nitrogens with zero attached hydrogens (tertiary/aromatic N) is 1. The molecule has 2 aromatic heterocycles. The summed E-state index contributed by atoms with van der Waals surface area (Å²) in [5.74, 6) is -0.398. The molecule has 3 N–H and O–H groups in total. The fourth-order valence-corrected chi connectivity index (χ4v) is 2.35. The normalized spacial score (nSPS) is 10.6. The number of phenolic OH excluding ortho intramolecular Hbond substituents is 1. The Kier molecular flexibility index (Phi) is 4.25. The summed E-state index contributed by atoms with van der Waals surface area (Å²) >= 11 is 0. The number of nitrogens with one attached hydrogen (secondary N) is 1. The van der Waals surface area contributed by atoms with Crippen molar-refractivity contribution in [1.29, 1.82) is 0 Å². The highest BCUT2D eigenvalue weighted by Gasteiger charge is 2.16. The number of anilines is 1. The van der Waals surface area contributed by atoms with E-state index >= 15 is 0 Å². The van der Waals surface area contributed by atoms with Crippen LogP contribution < -0.4 is 10.7 Å². The van der Waals surface area contributed by atoms with Gasteiger partial charge in [0.2, 0.25) is 5.88 Å². The number of hydrogen-bond donors (Lipinski definition) is 3. The average molecular weight is 342 g/mol. The van der Waals surface area contributed by atoms with Gasteiger partial charge in [-0.2, -0.15) is 0 Å². The van der Waals surface area contributed by atoms with E-state index in [0.29, 0.717) is 0 Å². The molecule has 3 aromatic rings. The van der Waals surface area contributed by atoms with Gasteiger partial charge in [0.1, 0.15) is 22.5 Å². The largest absolute Gasteiger partial charge is 0.507 e. The Hall–Kier alpha value is -3.55. The molecule has 0 saturated carbocycles. The van der Waals surface area contributed by atoms with E-state index in [9.17, 15) is 19.8 Å². The number of ether oxygens (including phenoxy) is 1. The van der Waals surface area contributed by atoms with Gasteiger partial charge < -0.3 is 19.4 Å². The summed E-state index contributed by atoms with van der Waals surface area (Å²) in [6.45, 7) is 1.82. The number of amides is 1. The maximum atomic E-state index is 12.3. The van der Waals surface area contributed by atoms with Gasteiger partial charge in [0.05, 0.1) is 17.9 Å². The van der Waals surface area contributed by atoms with E-state index in [0.717, 1.165) is 0 Å². The number of benzene rings is 1. The zero-order chi connectivity index (χ0) is 18.0. The van der Waals surface area contributed by atoms with Gasteiger partial charge in [0.25, 0.3) is 0 Å². The number of fused-ring (bicyclic) bond motifs is 1. The molecule has 0 aliphatic rings. The summed E-state index contributed by atoms with van der Waals surface area (Å²) in [5, 5.41) is 21.9. The van der Waals surface area contributed by atoms with Gasteiger partial charge in [0.15, 0.2) is 5.43 Å². The van der Waals surface area contributed by atoms with Crippen molar-refractivity contribution in [3.05, 3.63) is 46.8 Å². The molecule has 0 radical (unpaired) electrons. The molecule has 0 fully saturated rings. The van der Waals surface area contributed by atoms with Crippen molar-refractivity contribution in [2.45, 2.75) is 6.92 Å². The molecule has 8 heteroatoms. The number of pyridine rings is 1. The first kappa shape index (κ1) is 16.3. The van der Waals surface area contributed by atoms with Crippen LogP contribution in [0.5, 0.6) is 11.6 Å². The van der Waals surface area contributed by atoms with Crippen LogP contribution in [0.3, 0.4) is 0 Å². The third-order valence-electron chi connectivity index (χ3n) is 3.40. The van der Waals surface area contributed by atoms with Gasteiger partial charge in [0, 0.05) is 18.3 Å². The molecular formula is C17H14N2O6. The van der Waals surface area contributed by atoms with Crippen molar-refractivity contribution < 1.29 is 24.2 Å². The molecule has 3 rings (SSSR count). The zero-order valence-electron chi connectivity index (χ0n) is 13.1. The van der Waals surface area contributed by atoms with Crippen LogP contribution in [-0.2, 0) is 4.74 Å². The minimum Gasteiger partial charge on any atom is -0.507 e. The third kappa shape index (κ3) is 3.23. The summed E-state index contributed by atoms with van der Waals surface area (Å²) in [4.78, 5) is 27.7. The number of carbonyl (C=O) groups excluding carboxylic acids is 1. The first-order valence-corrected chi connectivity index (χ1v) is 7.38. The second-order valence-corrected chi connectivity index (χ2v) is 5.06. The van der Waals surface area contributed by atoms with Crippen LogP contribution in [0.1, 0.15) is 6.92 Å². The fourth-order valence-electron chi connectivity index (χ4n) is 2.35. The third-order valence-corrected chi connectivity index (χ3v) is 3.40. The number of carbonyl (C=O) groups is 1. The monoisotopic (exact) mass is 342 g/mol. The SMILES string of the molecule is CCOC(=O)Nc1cc(O)ncc1-c1cc(=O)c2c(O)cccc2o1. The summed E-state index contributed by atoms with van der Waals surface area (Å²) in [5.41, 5.74) is 0.156. The van der Waals surface area contributed by atoms with Gasteiger partial charge in [-0.3, -0.25) is 10.1 Å². The molecule has 0 atom stereocenters. The highest BCUT2D eigenvalue weighted by atomic mass is 16.5. The molecule has 25 heavy (non-hydrogen) atoms. The number of aromatic nitrogens is 1. The smallest absolute Gasteiger partial charge is 0.411 e. The van der Waals surface area contributed by atoms with E-state index in [2.05, 4.69) is 10.3 Å². The van der Waals surface area contributed by atoms with Gasteiger partial charge >= 0.3 is 6.09 Å². The van der Waals surface area contributed by atoms with E-state index < -0.39 is 11.5 Å². The summed E-state index contributed by atoms with van der Waals surface area (Å²) < 4.78 is 10.5. The lowest BCUT2D eigenvalue weighted by atomic mass is 10.1. The number of aromatic hydroxyl groups is 2. The van der Waals surface area contributed by atoms with Crippen molar-refractivity contribution in [3.8, 4) is 23.0 Å². The molecule has 0 spiro atoms. The number of rotatable bonds is 3. The second kappa shape index (κ2) is 6.52. The molecule has 0 unspecified atom stereocenters. The minimum absolute atomic E-state index is 0.0536. The summed E-state index contributed by atoms with van der Waals surface area (Å²) in [6, 6.07) is 6.84. The van der Waals surface area contributed by atoms with Gasteiger partial charge in [-0.15, -0.1) is 0 Å². The van der Waals surface area contributed by atoms with Gasteiger partial charge in [-0.05, 0) is 19.1 Å². The molecule has 0 aliphatic heterocycles. The lowest BCUT2D eigenvalue weighted by Gasteiger charge is -2.11. The fraction of sp³-hybridized carbons (Fsp3) is 0.118. The lowest BCUT2D eigenvalue weighted by Crippen LogP contribution is -2.14. The topological polar surface area (TPSA) is 122 Å². The van der Waals surface area contributed by atoms with E-state index in [1.807, 2.05) is 0 Å². The van der Waals surface area contributed by atoms with Crippen LogP contribution >= 0.6 is 0 Å². The van der Waals surface area contributed by atoms with Crippen LogP contribution in [0.4, 0.5) is 10.5 Å². The van der Waals surface area contributed by atoms with Gasteiger partial charge in [-0.25, -0.2) is 9.78 Å². The van der Waals surface area contributed by atoms with E-state index in [1.165, 1.54) is 36.5 Å². The second-order valence-electron chi connectivity index (χ2n) is 5.06. The zero-order valence-corrected chi connectivity index (χ0v) is 13.1. The lowest BCUT2D eigenvalue weighted by molar-refractivity contribution is 0.168. The number of hydrogen-bond acceptors (Lipinski definition) is 7. The quantitative estimate of drug-likeness (QED) is 0.669. The minimum atomic E-state index is -0.727. The predicted molar refractivity (Wildman–Crippen MR) is 89.7 cm³/mol. The molecule has 0 saturated heterocycles. The first-order chi connectivity index (χ1) is 12.0. The predicted octanol–water partition coefficient (Wildman–Crippen LogP) is 2.83. The molecule has 2 heterocycles. The highest BCUT2D eigenvalue weighted by Crippen LogP contribution is 2.32. The molecule has 0 bridgehead atoms. The van der Waals surface area contributed by atoms with Crippen LogP contribution in [0, 0.1) is 0 Å². The van der Waals surface area contributed by atoms with Crippen molar-refractivity contribution in [2.24, 2.45) is 0 Å².